The Labute approximate surface area is 118 Å². The van der Waals surface area contributed by atoms with Gasteiger partial charge in [0.05, 0.1) is 6.20 Å². The van der Waals surface area contributed by atoms with E-state index in [0.717, 1.165) is 19.3 Å². The van der Waals surface area contributed by atoms with Gasteiger partial charge in [-0.15, -0.1) is 0 Å². The number of sulfonamides is 1. The Morgan fingerprint density at radius 3 is 2.90 bits per heavy atom. The van der Waals surface area contributed by atoms with Crippen LogP contribution in [-0.2, 0) is 23.0 Å². The van der Waals surface area contributed by atoms with Crippen molar-refractivity contribution in [1.29, 1.82) is 0 Å². The average Bonchev–Trinajstić information content (AvgIpc) is 2.88. The minimum atomic E-state index is -3.67. The molecule has 1 atom stereocenters. The lowest BCUT2D eigenvalue weighted by molar-refractivity contribution is 0.457. The number of fused-ring (bicyclic) bond motifs is 1. The third-order valence-electron chi connectivity index (χ3n) is 3.84. The van der Waals surface area contributed by atoms with Gasteiger partial charge in [0.2, 0.25) is 10.0 Å². The van der Waals surface area contributed by atoms with E-state index in [2.05, 4.69) is 29.4 Å². The lowest BCUT2D eigenvalue weighted by atomic mass is 9.83. The summed E-state index contributed by atoms with van der Waals surface area (Å²) in [5.74, 6) is 0.383. The molecular formula is C14H17N3O2S. The van der Waals surface area contributed by atoms with Gasteiger partial charge in [0.25, 0.3) is 0 Å². The van der Waals surface area contributed by atoms with Gasteiger partial charge in [-0.1, -0.05) is 24.3 Å². The van der Waals surface area contributed by atoms with Crippen molar-refractivity contribution in [3.05, 3.63) is 47.8 Å². The van der Waals surface area contributed by atoms with E-state index in [-0.39, 0.29) is 4.90 Å². The Bertz CT molecular complexity index is 722. The van der Waals surface area contributed by atoms with Crippen LogP contribution in [0.2, 0.25) is 0 Å². The van der Waals surface area contributed by atoms with Crippen molar-refractivity contribution in [2.24, 2.45) is 5.14 Å². The van der Waals surface area contributed by atoms with Gasteiger partial charge in [0, 0.05) is 18.7 Å². The Hall–Kier alpha value is -1.66. The predicted molar refractivity (Wildman–Crippen MR) is 75.7 cm³/mol. The summed E-state index contributed by atoms with van der Waals surface area (Å²) in [6.45, 7) is 0.687. The number of nitrogens with two attached hydrogens (primary N) is 1. The molecule has 0 amide bonds. The van der Waals surface area contributed by atoms with Crippen LogP contribution >= 0.6 is 0 Å². The lowest BCUT2D eigenvalue weighted by Crippen LogP contribution is -2.16. The lowest BCUT2D eigenvalue weighted by Gasteiger charge is -2.25. The minimum absolute atomic E-state index is 0.0709. The SMILES string of the molecule is NS(=O)(=O)c1cnn(CC2CCCc3ccccc32)c1. The maximum Gasteiger partial charge on any atom is 0.241 e. The van der Waals surface area contributed by atoms with Gasteiger partial charge in [-0.25, -0.2) is 13.6 Å². The first kappa shape index (κ1) is 13.3. The van der Waals surface area contributed by atoms with E-state index in [1.54, 1.807) is 4.68 Å². The van der Waals surface area contributed by atoms with Crippen LogP contribution < -0.4 is 5.14 Å². The second-order valence-corrected chi connectivity index (χ2v) is 6.79. The zero-order valence-corrected chi connectivity index (χ0v) is 11.9. The maximum atomic E-state index is 11.3. The van der Waals surface area contributed by atoms with Crippen molar-refractivity contribution in [2.75, 3.05) is 0 Å². The summed E-state index contributed by atoms with van der Waals surface area (Å²) in [5.41, 5.74) is 2.74. The fourth-order valence-corrected chi connectivity index (χ4v) is 3.32. The van der Waals surface area contributed by atoms with E-state index in [4.69, 9.17) is 5.14 Å². The standard InChI is InChI=1S/C14H17N3O2S/c15-20(18,19)13-8-16-17(10-13)9-12-6-3-5-11-4-1-2-7-14(11)12/h1-2,4,7-8,10,12H,3,5-6,9H2,(H2,15,18,19). The third kappa shape index (κ3) is 2.62. The van der Waals surface area contributed by atoms with Crippen molar-refractivity contribution in [3.8, 4) is 0 Å². The van der Waals surface area contributed by atoms with Crippen LogP contribution in [-0.4, -0.2) is 18.2 Å². The second kappa shape index (κ2) is 5.03. The summed E-state index contributed by atoms with van der Waals surface area (Å²) in [7, 11) is -3.67. The van der Waals surface area contributed by atoms with Crippen LogP contribution in [0.4, 0.5) is 0 Å². The highest BCUT2D eigenvalue weighted by Gasteiger charge is 2.21. The van der Waals surface area contributed by atoms with E-state index < -0.39 is 10.0 Å². The van der Waals surface area contributed by atoms with Crippen LogP contribution in [0.1, 0.15) is 29.9 Å². The van der Waals surface area contributed by atoms with Gasteiger partial charge in [-0.3, -0.25) is 4.68 Å². The van der Waals surface area contributed by atoms with Gasteiger partial charge < -0.3 is 0 Å². The van der Waals surface area contributed by atoms with Crippen molar-refractivity contribution in [3.63, 3.8) is 0 Å². The maximum absolute atomic E-state index is 11.3. The normalized spacial score (nSPS) is 18.8. The van der Waals surface area contributed by atoms with Gasteiger partial charge in [0.1, 0.15) is 4.90 Å². The Kier molecular flexibility index (Phi) is 3.35. The number of hydrogen-bond acceptors (Lipinski definition) is 3. The zero-order chi connectivity index (χ0) is 14.2. The highest BCUT2D eigenvalue weighted by Crippen LogP contribution is 2.32. The number of hydrogen-bond donors (Lipinski definition) is 1. The van der Waals surface area contributed by atoms with Crippen LogP contribution in [0.5, 0.6) is 0 Å². The highest BCUT2D eigenvalue weighted by atomic mass is 32.2. The van der Waals surface area contributed by atoms with Gasteiger partial charge in [0.15, 0.2) is 0 Å². The smallest absolute Gasteiger partial charge is 0.241 e. The molecule has 1 aromatic heterocycles. The molecule has 0 aliphatic heterocycles. The molecule has 0 bridgehead atoms. The van der Waals surface area contributed by atoms with Crippen molar-refractivity contribution in [1.82, 2.24) is 9.78 Å². The fourth-order valence-electron chi connectivity index (χ4n) is 2.86. The molecule has 5 nitrogen and oxygen atoms in total. The molecule has 1 aliphatic carbocycles. The van der Waals surface area contributed by atoms with Crippen LogP contribution in [0.25, 0.3) is 0 Å². The molecule has 1 aromatic carbocycles. The molecule has 0 spiro atoms. The molecule has 20 heavy (non-hydrogen) atoms. The van der Waals surface area contributed by atoms with E-state index in [1.165, 1.54) is 23.5 Å². The van der Waals surface area contributed by atoms with E-state index in [9.17, 15) is 8.42 Å². The first-order chi connectivity index (χ1) is 9.54. The topological polar surface area (TPSA) is 78.0 Å². The number of nitrogens with zero attached hydrogens (tertiary/aromatic N) is 2. The molecule has 3 rings (SSSR count). The quantitative estimate of drug-likeness (QED) is 0.934. The molecule has 0 radical (unpaired) electrons. The minimum Gasteiger partial charge on any atom is -0.271 e. The van der Waals surface area contributed by atoms with E-state index in [0.29, 0.717) is 12.5 Å². The fraction of sp³-hybridized carbons (Fsp3) is 0.357. The Morgan fingerprint density at radius 1 is 1.35 bits per heavy atom. The van der Waals surface area contributed by atoms with E-state index in [1.807, 2.05) is 0 Å². The summed E-state index contributed by atoms with van der Waals surface area (Å²) in [6, 6.07) is 8.44. The van der Waals surface area contributed by atoms with Gasteiger partial charge in [-0.05, 0) is 30.4 Å². The molecule has 0 saturated heterocycles. The molecule has 0 fully saturated rings. The number of aryl methyl sites for hydroxylation is 1. The summed E-state index contributed by atoms with van der Waals surface area (Å²) in [6.07, 6.45) is 6.19. The van der Waals surface area contributed by atoms with Crippen LogP contribution in [0, 0.1) is 0 Å². The molecule has 1 unspecified atom stereocenters. The molecule has 6 heteroatoms. The zero-order valence-electron chi connectivity index (χ0n) is 11.1. The average molecular weight is 291 g/mol. The van der Waals surface area contributed by atoms with Crippen molar-refractivity contribution >= 4 is 10.0 Å². The third-order valence-corrected chi connectivity index (χ3v) is 4.71. The Balaban J connectivity index is 1.84. The number of aromatic nitrogens is 2. The van der Waals surface area contributed by atoms with Crippen LogP contribution in [0.3, 0.4) is 0 Å². The highest BCUT2D eigenvalue weighted by molar-refractivity contribution is 7.89. The summed E-state index contributed by atoms with van der Waals surface area (Å²) in [5, 5.41) is 9.21. The molecule has 2 N–H and O–H groups in total. The van der Waals surface area contributed by atoms with E-state index >= 15 is 0 Å². The number of benzene rings is 1. The molecule has 2 aromatic rings. The second-order valence-electron chi connectivity index (χ2n) is 5.23. The monoisotopic (exact) mass is 291 g/mol. The van der Waals surface area contributed by atoms with Crippen LogP contribution in [0.15, 0.2) is 41.6 Å². The summed E-state index contributed by atoms with van der Waals surface area (Å²) < 4.78 is 24.2. The molecule has 1 aliphatic rings. The summed E-state index contributed by atoms with van der Waals surface area (Å²) in [4.78, 5) is 0.0709. The predicted octanol–water partition coefficient (Wildman–Crippen LogP) is 1.65. The first-order valence-corrected chi connectivity index (χ1v) is 8.22. The summed E-state index contributed by atoms with van der Waals surface area (Å²) >= 11 is 0. The number of rotatable bonds is 3. The Morgan fingerprint density at radius 2 is 2.15 bits per heavy atom. The molecule has 106 valence electrons. The van der Waals surface area contributed by atoms with Crippen molar-refractivity contribution in [2.45, 2.75) is 36.6 Å². The van der Waals surface area contributed by atoms with Crippen molar-refractivity contribution < 1.29 is 8.42 Å². The van der Waals surface area contributed by atoms with Gasteiger partial charge >= 0.3 is 0 Å². The molecular weight excluding hydrogens is 274 g/mol. The number of primary sulfonamides is 1. The largest absolute Gasteiger partial charge is 0.271 e. The molecule has 1 heterocycles. The molecule has 0 saturated carbocycles. The van der Waals surface area contributed by atoms with Gasteiger partial charge in [-0.2, -0.15) is 5.10 Å². The first-order valence-electron chi connectivity index (χ1n) is 6.67.